The highest BCUT2D eigenvalue weighted by Gasteiger charge is 2.43. The summed E-state index contributed by atoms with van der Waals surface area (Å²) < 4.78 is 4.90. The lowest BCUT2D eigenvalue weighted by Crippen LogP contribution is -2.45. The SMILES string of the molecule is CCCCC(C(=O)OC)C1(O)CCC(CCC)CC1. The van der Waals surface area contributed by atoms with Crippen molar-refractivity contribution < 1.29 is 14.6 Å². The monoisotopic (exact) mass is 270 g/mol. The highest BCUT2D eigenvalue weighted by atomic mass is 16.5. The topological polar surface area (TPSA) is 46.5 Å². The summed E-state index contributed by atoms with van der Waals surface area (Å²) in [5, 5.41) is 10.8. The number of carbonyl (C=O) groups is 1. The molecule has 1 aliphatic carbocycles. The number of hydrogen-bond acceptors (Lipinski definition) is 3. The molecule has 0 saturated heterocycles. The molecule has 1 atom stereocenters. The number of hydrogen-bond donors (Lipinski definition) is 1. The van der Waals surface area contributed by atoms with Crippen molar-refractivity contribution >= 4 is 5.97 Å². The van der Waals surface area contributed by atoms with Crippen molar-refractivity contribution in [1.82, 2.24) is 0 Å². The molecule has 0 bridgehead atoms. The number of methoxy groups -OCH3 is 1. The van der Waals surface area contributed by atoms with E-state index in [2.05, 4.69) is 13.8 Å². The zero-order valence-corrected chi connectivity index (χ0v) is 12.8. The summed E-state index contributed by atoms with van der Waals surface area (Å²) in [4.78, 5) is 11.9. The van der Waals surface area contributed by atoms with Gasteiger partial charge in [-0.3, -0.25) is 4.79 Å². The Hall–Kier alpha value is -0.570. The highest BCUT2D eigenvalue weighted by Crippen LogP contribution is 2.40. The average Bonchev–Trinajstić information content (AvgIpc) is 2.42. The van der Waals surface area contributed by atoms with Crippen LogP contribution in [0.15, 0.2) is 0 Å². The van der Waals surface area contributed by atoms with E-state index < -0.39 is 5.60 Å². The molecule has 0 aliphatic heterocycles. The number of aliphatic hydroxyl groups is 1. The Balaban J connectivity index is 2.64. The minimum atomic E-state index is -0.827. The Morgan fingerprint density at radius 3 is 2.42 bits per heavy atom. The molecule has 0 radical (unpaired) electrons. The first-order chi connectivity index (χ1) is 9.07. The van der Waals surface area contributed by atoms with Gasteiger partial charge in [0.05, 0.1) is 18.6 Å². The van der Waals surface area contributed by atoms with Crippen LogP contribution in [0.3, 0.4) is 0 Å². The van der Waals surface area contributed by atoms with E-state index in [1.807, 2.05) is 0 Å². The molecule has 1 aliphatic rings. The van der Waals surface area contributed by atoms with Gasteiger partial charge in [0.2, 0.25) is 0 Å². The van der Waals surface area contributed by atoms with E-state index in [0.717, 1.165) is 50.9 Å². The maximum atomic E-state index is 11.9. The van der Waals surface area contributed by atoms with Gasteiger partial charge in [-0.25, -0.2) is 0 Å². The summed E-state index contributed by atoms with van der Waals surface area (Å²) in [5.74, 6) is 0.166. The number of rotatable bonds is 7. The molecular formula is C16H30O3. The van der Waals surface area contributed by atoms with E-state index in [1.54, 1.807) is 0 Å². The van der Waals surface area contributed by atoms with Gasteiger partial charge < -0.3 is 9.84 Å². The zero-order valence-electron chi connectivity index (χ0n) is 12.8. The molecule has 3 heteroatoms. The zero-order chi connectivity index (χ0) is 14.3. The van der Waals surface area contributed by atoms with Crippen LogP contribution in [0.25, 0.3) is 0 Å². The predicted molar refractivity (Wildman–Crippen MR) is 76.8 cm³/mol. The Morgan fingerprint density at radius 2 is 1.95 bits per heavy atom. The van der Waals surface area contributed by atoms with Crippen molar-refractivity contribution in [2.24, 2.45) is 11.8 Å². The van der Waals surface area contributed by atoms with Gasteiger partial charge in [-0.15, -0.1) is 0 Å². The molecule has 19 heavy (non-hydrogen) atoms. The fourth-order valence-corrected chi connectivity index (χ4v) is 3.38. The standard InChI is InChI=1S/C16H30O3/c1-4-6-8-14(15(17)19-3)16(18)11-9-13(7-5-2)10-12-16/h13-14,18H,4-12H2,1-3H3. The van der Waals surface area contributed by atoms with Crippen LogP contribution in [0, 0.1) is 11.8 Å². The second kappa shape index (κ2) is 7.88. The van der Waals surface area contributed by atoms with Crippen molar-refractivity contribution in [2.75, 3.05) is 7.11 Å². The third kappa shape index (κ3) is 4.48. The van der Waals surface area contributed by atoms with E-state index in [9.17, 15) is 9.90 Å². The third-order valence-electron chi connectivity index (χ3n) is 4.65. The van der Waals surface area contributed by atoms with Gasteiger partial charge in [0.15, 0.2) is 0 Å². The molecular weight excluding hydrogens is 240 g/mol. The molecule has 1 fully saturated rings. The number of unbranched alkanes of at least 4 members (excludes halogenated alkanes) is 1. The number of carbonyl (C=O) groups excluding carboxylic acids is 1. The Morgan fingerprint density at radius 1 is 1.32 bits per heavy atom. The highest BCUT2D eigenvalue weighted by molar-refractivity contribution is 5.73. The van der Waals surface area contributed by atoms with E-state index in [1.165, 1.54) is 20.0 Å². The largest absolute Gasteiger partial charge is 0.469 e. The fourth-order valence-electron chi connectivity index (χ4n) is 3.38. The summed E-state index contributed by atoms with van der Waals surface area (Å²) in [6, 6.07) is 0. The average molecular weight is 270 g/mol. The first-order valence-corrected chi connectivity index (χ1v) is 7.87. The van der Waals surface area contributed by atoms with Crippen LogP contribution < -0.4 is 0 Å². The Kier molecular flexibility index (Phi) is 6.84. The lowest BCUT2D eigenvalue weighted by Gasteiger charge is -2.40. The van der Waals surface area contributed by atoms with Crippen LogP contribution in [-0.4, -0.2) is 23.8 Å². The van der Waals surface area contributed by atoms with Crippen LogP contribution in [0.5, 0.6) is 0 Å². The molecule has 0 heterocycles. The van der Waals surface area contributed by atoms with Crippen molar-refractivity contribution in [3.63, 3.8) is 0 Å². The van der Waals surface area contributed by atoms with E-state index in [0.29, 0.717) is 0 Å². The molecule has 1 unspecified atom stereocenters. The minimum absolute atomic E-state index is 0.232. The van der Waals surface area contributed by atoms with Gasteiger partial charge in [-0.05, 0) is 38.0 Å². The summed E-state index contributed by atoms with van der Waals surface area (Å²) in [7, 11) is 1.42. The summed E-state index contributed by atoms with van der Waals surface area (Å²) >= 11 is 0. The molecule has 112 valence electrons. The van der Waals surface area contributed by atoms with Gasteiger partial charge in [-0.1, -0.05) is 39.5 Å². The second-order valence-electron chi connectivity index (χ2n) is 6.05. The van der Waals surface area contributed by atoms with Crippen LogP contribution in [0.4, 0.5) is 0 Å². The van der Waals surface area contributed by atoms with Crippen molar-refractivity contribution in [3.05, 3.63) is 0 Å². The van der Waals surface area contributed by atoms with Gasteiger partial charge >= 0.3 is 5.97 Å². The molecule has 0 aromatic carbocycles. The van der Waals surface area contributed by atoms with Crippen molar-refractivity contribution in [3.8, 4) is 0 Å². The Labute approximate surface area is 117 Å². The summed E-state index contributed by atoms with van der Waals surface area (Å²) in [6.45, 7) is 4.32. The van der Waals surface area contributed by atoms with E-state index in [-0.39, 0.29) is 11.9 Å². The third-order valence-corrected chi connectivity index (χ3v) is 4.65. The fraction of sp³-hybridized carbons (Fsp3) is 0.938. The number of ether oxygens (including phenoxy) is 1. The van der Waals surface area contributed by atoms with Gasteiger partial charge in [-0.2, -0.15) is 0 Å². The minimum Gasteiger partial charge on any atom is -0.469 e. The normalized spacial score (nSPS) is 28.9. The van der Waals surface area contributed by atoms with Crippen molar-refractivity contribution in [1.29, 1.82) is 0 Å². The van der Waals surface area contributed by atoms with E-state index in [4.69, 9.17) is 4.74 Å². The lowest BCUT2D eigenvalue weighted by atomic mass is 9.70. The maximum absolute atomic E-state index is 11.9. The Bertz CT molecular complexity index is 267. The molecule has 3 nitrogen and oxygen atoms in total. The summed E-state index contributed by atoms with van der Waals surface area (Å²) in [6.07, 6.45) is 8.81. The van der Waals surface area contributed by atoms with Crippen LogP contribution in [0.2, 0.25) is 0 Å². The first kappa shape index (κ1) is 16.5. The number of esters is 1. The lowest BCUT2D eigenvalue weighted by molar-refractivity contribution is -0.160. The smallest absolute Gasteiger partial charge is 0.311 e. The molecule has 0 aromatic heterocycles. The van der Waals surface area contributed by atoms with Gasteiger partial charge in [0.1, 0.15) is 0 Å². The first-order valence-electron chi connectivity index (χ1n) is 7.87. The molecule has 0 aromatic rings. The molecule has 1 N–H and O–H groups in total. The molecule has 0 spiro atoms. The maximum Gasteiger partial charge on any atom is 0.311 e. The van der Waals surface area contributed by atoms with Crippen LogP contribution in [-0.2, 0) is 9.53 Å². The van der Waals surface area contributed by atoms with Crippen molar-refractivity contribution in [2.45, 2.75) is 77.2 Å². The predicted octanol–water partition coefficient (Wildman–Crippen LogP) is 3.69. The second-order valence-corrected chi connectivity index (χ2v) is 6.05. The quantitative estimate of drug-likeness (QED) is 0.718. The summed E-state index contributed by atoms with van der Waals surface area (Å²) in [5.41, 5.74) is -0.827. The van der Waals surface area contributed by atoms with E-state index >= 15 is 0 Å². The van der Waals surface area contributed by atoms with Crippen LogP contribution >= 0.6 is 0 Å². The molecule has 1 rings (SSSR count). The van der Waals surface area contributed by atoms with Gasteiger partial charge in [0, 0.05) is 0 Å². The molecule has 1 saturated carbocycles. The van der Waals surface area contributed by atoms with Crippen LogP contribution in [0.1, 0.15) is 71.6 Å². The van der Waals surface area contributed by atoms with Gasteiger partial charge in [0.25, 0.3) is 0 Å². The molecule has 0 amide bonds.